The van der Waals surface area contributed by atoms with Crippen LogP contribution in [0.2, 0.25) is 0 Å². The lowest BCUT2D eigenvalue weighted by Crippen LogP contribution is -2.59. The van der Waals surface area contributed by atoms with Crippen molar-refractivity contribution in [2.24, 2.45) is 11.8 Å². The number of benzene rings is 2. The van der Waals surface area contributed by atoms with E-state index in [1.54, 1.807) is 29.4 Å². The predicted octanol–water partition coefficient (Wildman–Crippen LogP) is 6.07. The van der Waals surface area contributed by atoms with Gasteiger partial charge in [0, 0.05) is 22.9 Å². The highest BCUT2D eigenvalue weighted by molar-refractivity contribution is 5.45. The van der Waals surface area contributed by atoms with Crippen molar-refractivity contribution in [3.63, 3.8) is 0 Å². The van der Waals surface area contributed by atoms with E-state index in [9.17, 15) is 0 Å². The second-order valence-corrected chi connectivity index (χ2v) is 12.7. The number of hydrogen-bond acceptors (Lipinski definition) is 3. The minimum atomic E-state index is 0.455. The van der Waals surface area contributed by atoms with E-state index in [-0.39, 0.29) is 0 Å². The first-order chi connectivity index (χ1) is 17.7. The molecule has 0 amide bonds. The van der Waals surface area contributed by atoms with Crippen molar-refractivity contribution in [1.82, 2.24) is 10.6 Å². The summed E-state index contributed by atoms with van der Waals surface area (Å²) < 4.78 is 5.48. The van der Waals surface area contributed by atoms with E-state index in [4.69, 9.17) is 4.74 Å². The molecule has 0 spiro atoms. The van der Waals surface area contributed by atoms with Gasteiger partial charge >= 0.3 is 0 Å². The van der Waals surface area contributed by atoms with Crippen LogP contribution in [0.1, 0.15) is 86.5 Å². The molecule has 0 radical (unpaired) electrons. The fourth-order valence-corrected chi connectivity index (χ4v) is 9.92. The molecular formula is C33H44N2O. The Kier molecular flexibility index (Phi) is 5.93. The van der Waals surface area contributed by atoms with E-state index in [1.165, 1.54) is 90.1 Å². The molecule has 6 atom stereocenters. The average molecular weight is 485 g/mol. The predicted molar refractivity (Wildman–Crippen MR) is 147 cm³/mol. The highest BCUT2D eigenvalue weighted by Crippen LogP contribution is 2.55. The summed E-state index contributed by atoms with van der Waals surface area (Å²) in [5.74, 6) is 2.81. The molecule has 0 unspecified atom stereocenters. The van der Waals surface area contributed by atoms with E-state index in [2.05, 4.69) is 53.1 Å². The van der Waals surface area contributed by atoms with Crippen molar-refractivity contribution in [2.45, 2.75) is 100.0 Å². The van der Waals surface area contributed by atoms with Gasteiger partial charge in [-0.3, -0.25) is 0 Å². The Morgan fingerprint density at radius 2 is 1.31 bits per heavy atom. The van der Waals surface area contributed by atoms with E-state index < -0.39 is 0 Å². The number of hydrogen-bond donors (Lipinski definition) is 2. The summed E-state index contributed by atoms with van der Waals surface area (Å²) in [4.78, 5) is 0. The highest BCUT2D eigenvalue weighted by atomic mass is 16.5. The van der Waals surface area contributed by atoms with Crippen LogP contribution >= 0.6 is 0 Å². The zero-order valence-electron chi connectivity index (χ0n) is 22.2. The van der Waals surface area contributed by atoms with Crippen LogP contribution in [-0.2, 0) is 23.7 Å². The molecule has 2 N–H and O–H groups in total. The van der Waals surface area contributed by atoms with Gasteiger partial charge in [0.25, 0.3) is 0 Å². The number of piperidine rings is 2. The third-order valence-corrected chi connectivity index (χ3v) is 11.4. The van der Waals surface area contributed by atoms with Crippen LogP contribution in [0.25, 0.3) is 0 Å². The molecule has 8 rings (SSSR count). The second-order valence-electron chi connectivity index (χ2n) is 12.7. The molecule has 2 saturated carbocycles. The summed E-state index contributed by atoms with van der Waals surface area (Å²) in [7, 11) is 1.78. The molecule has 36 heavy (non-hydrogen) atoms. The third-order valence-electron chi connectivity index (χ3n) is 11.4. The van der Waals surface area contributed by atoms with Gasteiger partial charge in [-0.2, -0.15) is 0 Å². The standard InChI is InChI=1S/C17H23NO.C16H21N/c1-19-13-6-5-12-10-16-14-4-2-3-7-17(14,8-9-18-16)15(12)11-13;1-2-6-13-12(5-1)11-15-14-7-3-4-8-16(13,14)9-10-17-15/h5-6,11,14,16,18H,2-4,7-10H2,1H3;1-2,5-6,14-15,17H,3-4,7-11H2/t14-,16+,17+;14-,15+,16-/m11/s1. The summed E-state index contributed by atoms with van der Waals surface area (Å²) in [6.45, 7) is 2.42. The summed E-state index contributed by atoms with van der Waals surface area (Å²) in [5.41, 5.74) is 7.52. The first-order valence-corrected chi connectivity index (χ1v) is 15.0. The minimum absolute atomic E-state index is 0.455. The van der Waals surface area contributed by atoms with Crippen molar-refractivity contribution in [1.29, 1.82) is 0 Å². The van der Waals surface area contributed by atoms with Crippen LogP contribution < -0.4 is 15.4 Å². The Bertz CT molecular complexity index is 1100. The lowest BCUT2D eigenvalue weighted by atomic mass is 9.53. The normalized spacial score (nSPS) is 37.7. The van der Waals surface area contributed by atoms with Crippen LogP contribution in [0, 0.1) is 11.8 Å². The zero-order chi connectivity index (χ0) is 24.2. The van der Waals surface area contributed by atoms with Crippen molar-refractivity contribution < 1.29 is 4.74 Å². The Hall–Kier alpha value is -1.84. The summed E-state index contributed by atoms with van der Waals surface area (Å²) >= 11 is 0. The molecule has 2 aromatic carbocycles. The SMILES string of the molecule is COc1ccc2c(c1)[C@]13CCCC[C@@H]1[C@H](C2)NCC3.c1ccc2c(c1)C[C@@H]1NCC[C@]23CCCC[C@H]13. The molecule has 3 nitrogen and oxygen atoms in total. The number of rotatable bonds is 1. The van der Waals surface area contributed by atoms with Gasteiger partial charge in [-0.25, -0.2) is 0 Å². The number of fused-ring (bicyclic) bond motifs is 2. The lowest BCUT2D eigenvalue weighted by Gasteiger charge is -2.56. The molecule has 4 bridgehead atoms. The molecule has 4 fully saturated rings. The third kappa shape index (κ3) is 3.52. The van der Waals surface area contributed by atoms with Crippen LogP contribution in [-0.4, -0.2) is 32.3 Å². The molecule has 4 aliphatic carbocycles. The number of methoxy groups -OCH3 is 1. The quantitative estimate of drug-likeness (QED) is 0.515. The number of nitrogens with one attached hydrogen (secondary N) is 2. The van der Waals surface area contributed by atoms with Gasteiger partial charge in [0.15, 0.2) is 0 Å². The topological polar surface area (TPSA) is 33.3 Å². The van der Waals surface area contributed by atoms with Crippen LogP contribution in [0.4, 0.5) is 0 Å². The summed E-state index contributed by atoms with van der Waals surface area (Å²) in [6, 6.07) is 17.5. The summed E-state index contributed by atoms with van der Waals surface area (Å²) in [5, 5.41) is 7.57. The van der Waals surface area contributed by atoms with Gasteiger partial charge < -0.3 is 15.4 Å². The van der Waals surface area contributed by atoms with Gasteiger partial charge in [-0.1, -0.05) is 56.0 Å². The van der Waals surface area contributed by atoms with Gasteiger partial charge in [0.2, 0.25) is 0 Å². The van der Waals surface area contributed by atoms with Crippen molar-refractivity contribution in [3.05, 3.63) is 64.7 Å². The van der Waals surface area contributed by atoms with E-state index in [1.807, 2.05) is 0 Å². The minimum Gasteiger partial charge on any atom is -0.497 e. The second kappa shape index (κ2) is 9.17. The molecule has 2 saturated heterocycles. The molecule has 2 aromatic rings. The fourth-order valence-electron chi connectivity index (χ4n) is 9.92. The Morgan fingerprint density at radius 3 is 1.97 bits per heavy atom. The Labute approximate surface area is 217 Å². The van der Waals surface area contributed by atoms with Gasteiger partial charge in [0.05, 0.1) is 7.11 Å². The largest absolute Gasteiger partial charge is 0.497 e. The monoisotopic (exact) mass is 484 g/mol. The molecule has 192 valence electrons. The van der Waals surface area contributed by atoms with Gasteiger partial charge in [0.1, 0.15) is 5.75 Å². The molecule has 2 aliphatic heterocycles. The van der Waals surface area contributed by atoms with E-state index in [0.717, 1.165) is 29.7 Å². The first kappa shape index (κ1) is 23.3. The van der Waals surface area contributed by atoms with E-state index >= 15 is 0 Å². The maximum Gasteiger partial charge on any atom is 0.119 e. The van der Waals surface area contributed by atoms with Crippen molar-refractivity contribution in [3.8, 4) is 5.75 Å². The maximum absolute atomic E-state index is 5.48. The molecular weight excluding hydrogens is 440 g/mol. The zero-order valence-corrected chi connectivity index (χ0v) is 22.2. The Balaban J connectivity index is 0.000000123. The van der Waals surface area contributed by atoms with Crippen LogP contribution in [0.5, 0.6) is 5.75 Å². The lowest BCUT2D eigenvalue weighted by molar-refractivity contribution is 0.0795. The van der Waals surface area contributed by atoms with E-state index in [0.29, 0.717) is 10.8 Å². The summed E-state index contributed by atoms with van der Waals surface area (Å²) in [6.07, 6.45) is 16.6. The molecule has 2 heterocycles. The van der Waals surface area contributed by atoms with Gasteiger partial charge in [-0.15, -0.1) is 0 Å². The average Bonchev–Trinajstić information content (AvgIpc) is 2.93. The Morgan fingerprint density at radius 1 is 0.694 bits per heavy atom. The molecule has 0 aromatic heterocycles. The molecule has 6 aliphatic rings. The first-order valence-electron chi connectivity index (χ1n) is 15.0. The fraction of sp³-hybridized carbons (Fsp3) is 0.636. The number of ether oxygens (including phenoxy) is 1. The highest BCUT2D eigenvalue weighted by Gasteiger charge is 2.52. The molecule has 3 heteroatoms. The van der Waals surface area contributed by atoms with Gasteiger partial charge in [-0.05, 0) is 111 Å². The smallest absolute Gasteiger partial charge is 0.119 e. The van der Waals surface area contributed by atoms with Crippen molar-refractivity contribution in [2.75, 3.05) is 20.2 Å². The maximum atomic E-state index is 5.48. The van der Waals surface area contributed by atoms with Crippen LogP contribution in [0.15, 0.2) is 42.5 Å². The van der Waals surface area contributed by atoms with Crippen molar-refractivity contribution >= 4 is 0 Å². The van der Waals surface area contributed by atoms with Crippen LogP contribution in [0.3, 0.4) is 0 Å².